The number of amides is 1. The number of carbonyl (C=O) groups excluding carboxylic acids is 1. The average molecular weight is 262 g/mol. The number of nitro benzene ring substituents is 1. The molecule has 0 heterocycles. The third kappa shape index (κ3) is 2.38. The second kappa shape index (κ2) is 4.22. The van der Waals surface area contributed by atoms with E-state index in [1.807, 2.05) is 0 Å². The van der Waals surface area contributed by atoms with E-state index in [2.05, 4.69) is 5.32 Å². The molecule has 19 heavy (non-hydrogen) atoms. The normalized spacial score (nSPS) is 24.8. The van der Waals surface area contributed by atoms with E-state index in [4.69, 9.17) is 0 Å². The maximum absolute atomic E-state index is 11.9. The zero-order valence-corrected chi connectivity index (χ0v) is 10.2. The monoisotopic (exact) mass is 262 g/mol. The van der Waals surface area contributed by atoms with Crippen molar-refractivity contribution in [2.75, 3.05) is 5.32 Å². The van der Waals surface area contributed by atoms with Crippen LogP contribution in [-0.4, -0.2) is 15.9 Å². The van der Waals surface area contributed by atoms with E-state index in [9.17, 15) is 20.0 Å². The van der Waals surface area contributed by atoms with Crippen molar-refractivity contribution in [3.63, 3.8) is 0 Å². The van der Waals surface area contributed by atoms with Gasteiger partial charge in [-0.3, -0.25) is 14.9 Å². The van der Waals surface area contributed by atoms with Gasteiger partial charge in [0.05, 0.1) is 4.92 Å². The third-order valence-corrected chi connectivity index (χ3v) is 3.84. The van der Waals surface area contributed by atoms with E-state index in [1.54, 1.807) is 0 Å². The van der Waals surface area contributed by atoms with Crippen LogP contribution in [0, 0.1) is 27.9 Å². The van der Waals surface area contributed by atoms with Gasteiger partial charge in [-0.1, -0.05) is 0 Å². The third-order valence-electron chi connectivity index (χ3n) is 3.84. The minimum Gasteiger partial charge on any atom is -0.502 e. The molecular formula is C13H14N2O4. The second-order valence-electron chi connectivity index (χ2n) is 5.29. The molecule has 0 unspecified atom stereocenters. The van der Waals surface area contributed by atoms with Crippen LogP contribution in [0.2, 0.25) is 0 Å². The van der Waals surface area contributed by atoms with Gasteiger partial charge in [-0.25, -0.2) is 0 Å². The molecule has 6 heteroatoms. The summed E-state index contributed by atoms with van der Waals surface area (Å²) in [6, 6.07) is 3.87. The second-order valence-corrected chi connectivity index (χ2v) is 5.29. The first-order valence-corrected chi connectivity index (χ1v) is 6.34. The van der Waals surface area contributed by atoms with Crippen molar-refractivity contribution < 1.29 is 14.8 Å². The topological polar surface area (TPSA) is 92.5 Å². The zero-order valence-electron chi connectivity index (χ0n) is 10.2. The Morgan fingerprint density at radius 2 is 2.16 bits per heavy atom. The number of anilines is 1. The number of rotatable bonds is 4. The van der Waals surface area contributed by atoms with Crippen LogP contribution in [0.3, 0.4) is 0 Å². The van der Waals surface area contributed by atoms with Gasteiger partial charge in [-0.15, -0.1) is 0 Å². The fraction of sp³-hybridized carbons (Fsp3) is 0.462. The molecule has 2 aliphatic rings. The van der Waals surface area contributed by atoms with Gasteiger partial charge < -0.3 is 10.4 Å². The van der Waals surface area contributed by atoms with E-state index in [1.165, 1.54) is 31.0 Å². The van der Waals surface area contributed by atoms with Gasteiger partial charge >= 0.3 is 5.69 Å². The first-order valence-electron chi connectivity index (χ1n) is 6.34. The van der Waals surface area contributed by atoms with Gasteiger partial charge in [0.1, 0.15) is 0 Å². The minimum atomic E-state index is -0.672. The zero-order chi connectivity index (χ0) is 13.6. The maximum atomic E-state index is 11.9. The number of nitrogens with zero attached hydrogens (tertiary/aromatic N) is 1. The number of nitro groups is 1. The number of aromatic hydroxyl groups is 1. The highest BCUT2D eigenvalue weighted by molar-refractivity contribution is 5.94. The summed E-state index contributed by atoms with van der Waals surface area (Å²) in [5, 5.41) is 22.7. The number of hydrogen-bond donors (Lipinski definition) is 2. The molecular weight excluding hydrogens is 248 g/mol. The highest BCUT2D eigenvalue weighted by Gasteiger charge is 2.51. The maximum Gasteiger partial charge on any atom is 0.312 e. The lowest BCUT2D eigenvalue weighted by Gasteiger charge is -2.05. The number of nitrogens with one attached hydrogen (secondary N) is 1. The molecule has 2 aliphatic carbocycles. The molecule has 1 amide bonds. The molecule has 0 spiro atoms. The number of phenolic OH excluding ortho intramolecular Hbond substituents is 1. The Balaban J connectivity index is 1.68. The lowest BCUT2D eigenvalue weighted by molar-refractivity contribution is -0.385. The van der Waals surface area contributed by atoms with E-state index in [0.29, 0.717) is 17.5 Å². The SMILES string of the molecule is O=C(Nc1ccc(O)c([N+](=O)[O-])c1)[C@H]1C[C@H]1C1CC1. The number of benzene rings is 1. The van der Waals surface area contributed by atoms with Gasteiger partial charge in [0, 0.05) is 17.7 Å². The Morgan fingerprint density at radius 3 is 2.79 bits per heavy atom. The largest absolute Gasteiger partial charge is 0.502 e. The van der Waals surface area contributed by atoms with Crippen LogP contribution in [0.5, 0.6) is 5.75 Å². The van der Waals surface area contributed by atoms with Crippen molar-refractivity contribution >= 4 is 17.3 Å². The molecule has 2 saturated carbocycles. The van der Waals surface area contributed by atoms with Crippen LogP contribution in [0.15, 0.2) is 18.2 Å². The van der Waals surface area contributed by atoms with Crippen molar-refractivity contribution in [3.8, 4) is 5.75 Å². The fourth-order valence-electron chi connectivity index (χ4n) is 2.54. The highest BCUT2D eigenvalue weighted by Crippen LogP contribution is 2.54. The van der Waals surface area contributed by atoms with E-state index in [0.717, 1.165) is 6.42 Å². The summed E-state index contributed by atoms with van der Waals surface area (Å²) in [4.78, 5) is 22.0. The lowest BCUT2D eigenvalue weighted by atomic mass is 10.2. The van der Waals surface area contributed by atoms with Gasteiger partial charge in [-0.2, -0.15) is 0 Å². The lowest BCUT2D eigenvalue weighted by Crippen LogP contribution is -2.15. The van der Waals surface area contributed by atoms with E-state index in [-0.39, 0.29) is 11.8 Å². The summed E-state index contributed by atoms with van der Waals surface area (Å²) in [6.45, 7) is 0. The molecule has 0 saturated heterocycles. The summed E-state index contributed by atoms with van der Waals surface area (Å²) in [5.41, 5.74) is -0.0386. The molecule has 1 aromatic rings. The number of hydrogen-bond acceptors (Lipinski definition) is 4. The fourth-order valence-corrected chi connectivity index (χ4v) is 2.54. The predicted octanol–water partition coefficient (Wildman–Crippen LogP) is 2.29. The molecule has 6 nitrogen and oxygen atoms in total. The molecule has 0 aromatic heterocycles. The van der Waals surface area contributed by atoms with Crippen LogP contribution in [0.25, 0.3) is 0 Å². The minimum absolute atomic E-state index is 0.0559. The van der Waals surface area contributed by atoms with Crippen LogP contribution in [0.4, 0.5) is 11.4 Å². The molecule has 3 rings (SSSR count). The molecule has 100 valence electrons. The molecule has 2 fully saturated rings. The van der Waals surface area contributed by atoms with Crippen molar-refractivity contribution in [2.24, 2.45) is 17.8 Å². The standard InChI is InChI=1S/C13H14N2O4/c16-12-4-3-8(5-11(12)15(18)19)14-13(17)10-6-9(10)7-1-2-7/h3-5,7,9-10,16H,1-2,6H2,(H,14,17)/t9-,10-/m0/s1. The van der Waals surface area contributed by atoms with Gasteiger partial charge in [0.2, 0.25) is 5.91 Å². The Labute approximate surface area is 109 Å². The molecule has 0 bridgehead atoms. The van der Waals surface area contributed by atoms with Crippen LogP contribution in [0.1, 0.15) is 19.3 Å². The van der Waals surface area contributed by atoms with Crippen molar-refractivity contribution in [1.82, 2.24) is 0 Å². The van der Waals surface area contributed by atoms with E-state index < -0.39 is 16.4 Å². The molecule has 0 aliphatic heterocycles. The van der Waals surface area contributed by atoms with Gasteiger partial charge in [0.25, 0.3) is 0 Å². The molecule has 2 N–H and O–H groups in total. The Kier molecular flexibility index (Phi) is 2.66. The quantitative estimate of drug-likeness (QED) is 0.494. The molecule has 2 atom stereocenters. The molecule has 1 aromatic carbocycles. The number of carbonyl (C=O) groups is 1. The van der Waals surface area contributed by atoms with Crippen LogP contribution in [-0.2, 0) is 4.79 Å². The van der Waals surface area contributed by atoms with Gasteiger partial charge in [0.15, 0.2) is 5.75 Å². The van der Waals surface area contributed by atoms with Crippen molar-refractivity contribution in [2.45, 2.75) is 19.3 Å². The summed E-state index contributed by atoms with van der Waals surface area (Å²) in [5.74, 6) is 0.805. The summed E-state index contributed by atoms with van der Waals surface area (Å²) < 4.78 is 0. The van der Waals surface area contributed by atoms with Gasteiger partial charge in [-0.05, 0) is 43.2 Å². The summed E-state index contributed by atoms with van der Waals surface area (Å²) >= 11 is 0. The molecule has 0 radical (unpaired) electrons. The van der Waals surface area contributed by atoms with E-state index >= 15 is 0 Å². The Bertz CT molecular complexity index is 554. The Hall–Kier alpha value is -2.11. The first-order chi connectivity index (χ1) is 9.06. The van der Waals surface area contributed by atoms with Crippen LogP contribution >= 0.6 is 0 Å². The smallest absolute Gasteiger partial charge is 0.312 e. The van der Waals surface area contributed by atoms with Crippen molar-refractivity contribution in [1.29, 1.82) is 0 Å². The highest BCUT2D eigenvalue weighted by atomic mass is 16.6. The Morgan fingerprint density at radius 1 is 1.42 bits per heavy atom. The summed E-state index contributed by atoms with van der Waals surface area (Å²) in [7, 11) is 0. The predicted molar refractivity (Wildman–Crippen MR) is 67.7 cm³/mol. The van der Waals surface area contributed by atoms with Crippen LogP contribution < -0.4 is 5.32 Å². The number of phenols is 1. The first kappa shape index (κ1) is 12.0. The summed E-state index contributed by atoms with van der Waals surface area (Å²) in [6.07, 6.45) is 3.37. The van der Waals surface area contributed by atoms with Crippen molar-refractivity contribution in [3.05, 3.63) is 28.3 Å². The average Bonchev–Trinajstić information content (AvgIpc) is 3.23.